The second-order valence-corrected chi connectivity index (χ2v) is 8.73. The van der Waals surface area contributed by atoms with Gasteiger partial charge in [0.1, 0.15) is 29.8 Å². The molecule has 1 aliphatic rings. The summed E-state index contributed by atoms with van der Waals surface area (Å²) in [5.41, 5.74) is 3.62. The van der Waals surface area contributed by atoms with Crippen LogP contribution in [0.1, 0.15) is 37.1 Å². The number of rotatable bonds is 6. The fourth-order valence-electron chi connectivity index (χ4n) is 4.52. The quantitative estimate of drug-likeness (QED) is 0.386. The molecule has 4 aromatic heterocycles. The Labute approximate surface area is 199 Å². The highest BCUT2D eigenvalue weighted by Gasteiger charge is 2.26. The average molecular weight is 475 g/mol. The van der Waals surface area contributed by atoms with Gasteiger partial charge in [0.25, 0.3) is 0 Å². The maximum absolute atomic E-state index is 14.6. The maximum Gasteiger partial charge on any atom is 0.210 e. The third-order valence-electron chi connectivity index (χ3n) is 6.65. The number of aliphatic hydroxyl groups is 1. The van der Waals surface area contributed by atoms with Crippen molar-refractivity contribution in [3.8, 4) is 16.9 Å². The minimum atomic E-state index is -1.06. The number of hydrogen-bond acceptors (Lipinski definition) is 8. The molecule has 1 aliphatic heterocycles. The summed E-state index contributed by atoms with van der Waals surface area (Å²) in [7, 11) is 0. The molecule has 0 spiro atoms. The number of fused-ring (bicyclic) bond motifs is 3. The van der Waals surface area contributed by atoms with E-state index in [1.165, 1.54) is 12.4 Å². The van der Waals surface area contributed by atoms with Crippen LogP contribution in [-0.2, 0) is 18.6 Å². The molecule has 35 heavy (non-hydrogen) atoms. The minimum Gasteiger partial charge on any atom is -0.493 e. The molecule has 6 rings (SSSR count). The van der Waals surface area contributed by atoms with Gasteiger partial charge in [0.15, 0.2) is 11.3 Å². The number of aromatic nitrogens is 7. The van der Waals surface area contributed by atoms with E-state index in [9.17, 15) is 9.50 Å². The maximum atomic E-state index is 14.6. The highest BCUT2D eigenvalue weighted by atomic mass is 19.1. The number of ether oxygens (including phenoxy) is 1. The second kappa shape index (κ2) is 7.98. The Morgan fingerprint density at radius 1 is 1.17 bits per heavy atom. The Morgan fingerprint density at radius 2 is 2.06 bits per heavy atom. The molecular formula is C24H23FN8O2. The molecule has 1 aromatic carbocycles. The van der Waals surface area contributed by atoms with Gasteiger partial charge >= 0.3 is 0 Å². The second-order valence-electron chi connectivity index (χ2n) is 8.73. The summed E-state index contributed by atoms with van der Waals surface area (Å²) in [5.74, 6) is 0.923. The number of anilines is 1. The highest BCUT2D eigenvalue weighted by molar-refractivity contribution is 5.86. The molecule has 2 N–H and O–H groups in total. The van der Waals surface area contributed by atoms with Crippen molar-refractivity contribution in [1.82, 2.24) is 34.2 Å². The third kappa shape index (κ3) is 3.38. The van der Waals surface area contributed by atoms with Crippen molar-refractivity contribution >= 4 is 17.2 Å². The number of hydrogen-bond donors (Lipinski definition) is 2. The molecule has 5 heterocycles. The van der Waals surface area contributed by atoms with Gasteiger partial charge in [0.05, 0.1) is 12.3 Å². The van der Waals surface area contributed by atoms with Gasteiger partial charge in [-0.3, -0.25) is 4.40 Å². The Hall–Kier alpha value is -4.12. The Balaban J connectivity index is 1.39. The lowest BCUT2D eigenvalue weighted by Gasteiger charge is -2.22. The van der Waals surface area contributed by atoms with Crippen molar-refractivity contribution in [3.05, 3.63) is 65.8 Å². The van der Waals surface area contributed by atoms with Gasteiger partial charge in [-0.2, -0.15) is 5.10 Å². The van der Waals surface area contributed by atoms with Crippen LogP contribution in [0.15, 0.2) is 43.1 Å². The van der Waals surface area contributed by atoms with Crippen molar-refractivity contribution in [2.45, 2.75) is 38.8 Å². The Bertz CT molecular complexity index is 1580. The normalized spacial score (nSPS) is 14.7. The largest absolute Gasteiger partial charge is 0.493 e. The van der Waals surface area contributed by atoms with Gasteiger partial charge in [-0.15, -0.1) is 10.2 Å². The topological polar surface area (TPSA) is 115 Å². The molecule has 10 nitrogen and oxygen atoms in total. The number of pyridine rings is 1. The smallest absolute Gasteiger partial charge is 0.210 e. The zero-order chi connectivity index (χ0) is 24.2. The van der Waals surface area contributed by atoms with Gasteiger partial charge in [-0.25, -0.2) is 18.9 Å². The number of nitrogens with one attached hydrogen (secondary N) is 1. The van der Waals surface area contributed by atoms with Gasteiger partial charge in [-0.05, 0) is 37.6 Å². The fourth-order valence-corrected chi connectivity index (χ4v) is 4.52. The molecule has 0 amide bonds. The molecule has 0 saturated heterocycles. The lowest BCUT2D eigenvalue weighted by Crippen LogP contribution is -2.23. The van der Waals surface area contributed by atoms with Crippen molar-refractivity contribution in [2.24, 2.45) is 0 Å². The lowest BCUT2D eigenvalue weighted by atomic mass is 9.97. The first-order valence-corrected chi connectivity index (χ1v) is 11.4. The first kappa shape index (κ1) is 21.4. The molecule has 0 bridgehead atoms. The van der Waals surface area contributed by atoms with Crippen molar-refractivity contribution < 1.29 is 14.2 Å². The van der Waals surface area contributed by atoms with E-state index >= 15 is 0 Å². The zero-order valence-electron chi connectivity index (χ0n) is 19.2. The summed E-state index contributed by atoms with van der Waals surface area (Å²) in [6, 6.07) is 6.81. The molecule has 0 fully saturated rings. The number of benzene rings is 1. The predicted octanol–water partition coefficient (Wildman–Crippen LogP) is 3.14. The first-order chi connectivity index (χ1) is 17.0. The number of halogens is 1. The lowest BCUT2D eigenvalue weighted by molar-refractivity contribution is 0.0463. The standard InChI is InChI=1S/C24H23FN8O2/c1-3-24(2,34)20-7-4-15(21-28-12-30-33(20)21)17-11-27-23(32-13-29-31-22(17)32)26-10-16-14-8-9-35-19(14)6-5-18(16)25/h4-7,11-13,34H,3,8-10H2,1-2H3,(H,26,27). The van der Waals surface area contributed by atoms with Crippen molar-refractivity contribution in [2.75, 3.05) is 11.9 Å². The highest BCUT2D eigenvalue weighted by Crippen LogP contribution is 2.33. The summed E-state index contributed by atoms with van der Waals surface area (Å²) in [6.07, 6.45) is 5.89. The van der Waals surface area contributed by atoms with Crippen molar-refractivity contribution in [3.63, 3.8) is 0 Å². The molecule has 0 aliphatic carbocycles. The van der Waals surface area contributed by atoms with Gasteiger partial charge < -0.3 is 15.2 Å². The number of nitrogens with zero attached hydrogens (tertiary/aromatic N) is 7. The van der Waals surface area contributed by atoms with Gasteiger partial charge in [-0.1, -0.05) is 6.92 Å². The average Bonchev–Trinajstić information content (AvgIpc) is 3.63. The molecular weight excluding hydrogens is 451 g/mol. The van der Waals surface area contributed by atoms with Crippen LogP contribution in [0.2, 0.25) is 0 Å². The monoisotopic (exact) mass is 474 g/mol. The summed E-state index contributed by atoms with van der Waals surface area (Å²) in [4.78, 5) is 9.01. The van der Waals surface area contributed by atoms with Gasteiger partial charge in [0, 0.05) is 41.4 Å². The van der Waals surface area contributed by atoms with E-state index in [-0.39, 0.29) is 12.4 Å². The fraction of sp³-hybridized carbons (Fsp3) is 0.292. The van der Waals surface area contributed by atoms with Crippen LogP contribution in [0, 0.1) is 5.82 Å². The minimum absolute atomic E-state index is 0.243. The summed E-state index contributed by atoms with van der Waals surface area (Å²) in [6.45, 7) is 4.46. The van der Waals surface area contributed by atoms with E-state index < -0.39 is 5.60 Å². The summed E-state index contributed by atoms with van der Waals surface area (Å²) < 4.78 is 23.5. The van der Waals surface area contributed by atoms with Crippen LogP contribution in [-0.4, -0.2) is 45.9 Å². The predicted molar refractivity (Wildman–Crippen MR) is 126 cm³/mol. The SMILES string of the molecule is CCC(C)(O)c1ccc(-c2cnc(NCc3c(F)ccc4c3CCO4)n3cnnc23)c2ncnn12. The molecule has 1 atom stereocenters. The van der Waals surface area contributed by atoms with E-state index in [0.29, 0.717) is 53.5 Å². The van der Waals surface area contributed by atoms with E-state index in [1.54, 1.807) is 34.4 Å². The van der Waals surface area contributed by atoms with Crippen LogP contribution in [0.3, 0.4) is 0 Å². The molecule has 178 valence electrons. The van der Waals surface area contributed by atoms with Crippen LogP contribution >= 0.6 is 0 Å². The molecule has 5 aromatic rings. The molecule has 0 saturated carbocycles. The van der Waals surface area contributed by atoms with Crippen LogP contribution in [0.25, 0.3) is 22.4 Å². The van der Waals surface area contributed by atoms with E-state index in [2.05, 4.69) is 30.6 Å². The summed E-state index contributed by atoms with van der Waals surface area (Å²) in [5, 5.41) is 26.7. The Kier molecular flexibility index (Phi) is 4.88. The van der Waals surface area contributed by atoms with E-state index in [1.807, 2.05) is 19.1 Å². The first-order valence-electron chi connectivity index (χ1n) is 11.4. The molecule has 1 unspecified atom stereocenters. The van der Waals surface area contributed by atoms with E-state index in [0.717, 1.165) is 16.9 Å². The van der Waals surface area contributed by atoms with E-state index in [4.69, 9.17) is 4.74 Å². The van der Waals surface area contributed by atoms with Crippen LogP contribution in [0.5, 0.6) is 5.75 Å². The Morgan fingerprint density at radius 3 is 2.91 bits per heavy atom. The van der Waals surface area contributed by atoms with Crippen LogP contribution in [0.4, 0.5) is 10.3 Å². The molecule has 0 radical (unpaired) electrons. The zero-order valence-corrected chi connectivity index (χ0v) is 19.2. The van der Waals surface area contributed by atoms with Crippen molar-refractivity contribution in [1.29, 1.82) is 0 Å². The van der Waals surface area contributed by atoms with Gasteiger partial charge in [0.2, 0.25) is 5.95 Å². The summed E-state index contributed by atoms with van der Waals surface area (Å²) >= 11 is 0. The van der Waals surface area contributed by atoms with Crippen LogP contribution < -0.4 is 10.1 Å². The molecule has 11 heteroatoms. The third-order valence-corrected chi connectivity index (χ3v) is 6.65.